The Kier molecular flexibility index (Phi) is 4.16. The summed E-state index contributed by atoms with van der Waals surface area (Å²) in [6.45, 7) is 4.42. The number of aliphatic imine (C=N–C) groups is 1. The van der Waals surface area contributed by atoms with Gasteiger partial charge in [-0.1, -0.05) is 26.0 Å². The third-order valence-corrected chi connectivity index (χ3v) is 2.61. The average Bonchev–Trinajstić information content (AvgIpc) is 2.29. The molecule has 15 heavy (non-hydrogen) atoms. The molecule has 1 aromatic rings. The van der Waals surface area contributed by atoms with Crippen molar-refractivity contribution in [3.63, 3.8) is 0 Å². The Bertz CT molecular complexity index is 327. The molecule has 0 bridgehead atoms. The maximum absolute atomic E-state index is 5.57. The summed E-state index contributed by atoms with van der Waals surface area (Å²) >= 11 is 0. The quantitative estimate of drug-likeness (QED) is 0.588. The van der Waals surface area contributed by atoms with Crippen LogP contribution >= 0.6 is 0 Å². The number of rotatable bonds is 3. The van der Waals surface area contributed by atoms with Crippen LogP contribution in [0.2, 0.25) is 0 Å². The molecule has 3 heteroatoms. The summed E-state index contributed by atoms with van der Waals surface area (Å²) < 4.78 is 0. The summed E-state index contributed by atoms with van der Waals surface area (Å²) in [5.41, 5.74) is 7.90. The first-order chi connectivity index (χ1) is 7.17. The van der Waals surface area contributed by atoms with Gasteiger partial charge in [0.05, 0.1) is 0 Å². The van der Waals surface area contributed by atoms with Gasteiger partial charge in [0, 0.05) is 12.7 Å². The molecule has 1 rings (SSSR count). The minimum atomic E-state index is 0.436. The molecule has 0 fully saturated rings. The molecular formula is C12H19N3. The van der Waals surface area contributed by atoms with Crippen LogP contribution in [-0.4, -0.2) is 13.0 Å². The van der Waals surface area contributed by atoms with Crippen LogP contribution in [0.1, 0.15) is 31.7 Å². The lowest BCUT2D eigenvalue weighted by Crippen LogP contribution is -2.21. The third kappa shape index (κ3) is 3.27. The lowest BCUT2D eigenvalue weighted by molar-refractivity contribution is 0.734. The van der Waals surface area contributed by atoms with Crippen LogP contribution in [0.3, 0.4) is 0 Å². The molecule has 0 saturated heterocycles. The molecule has 82 valence electrons. The van der Waals surface area contributed by atoms with Crippen molar-refractivity contribution in [1.29, 1.82) is 0 Å². The minimum absolute atomic E-state index is 0.436. The lowest BCUT2D eigenvalue weighted by Gasteiger charge is -2.10. The van der Waals surface area contributed by atoms with Crippen molar-refractivity contribution in [3.8, 4) is 0 Å². The van der Waals surface area contributed by atoms with Crippen molar-refractivity contribution in [2.75, 3.05) is 12.4 Å². The van der Waals surface area contributed by atoms with E-state index in [0.29, 0.717) is 11.9 Å². The third-order valence-electron chi connectivity index (χ3n) is 2.61. The molecule has 0 aliphatic rings. The zero-order valence-corrected chi connectivity index (χ0v) is 9.62. The molecule has 0 heterocycles. The van der Waals surface area contributed by atoms with Gasteiger partial charge in [-0.3, -0.25) is 4.99 Å². The van der Waals surface area contributed by atoms with Crippen molar-refractivity contribution in [3.05, 3.63) is 29.8 Å². The first kappa shape index (κ1) is 11.6. The Hall–Kier alpha value is -1.51. The molecule has 3 N–H and O–H groups in total. The van der Waals surface area contributed by atoms with E-state index in [1.807, 2.05) is 12.1 Å². The number of benzene rings is 1. The molecule has 1 atom stereocenters. The predicted molar refractivity (Wildman–Crippen MR) is 66.3 cm³/mol. The zero-order valence-electron chi connectivity index (χ0n) is 9.62. The standard InChI is InChI=1S/C12H19N3/c1-4-9(2)10-5-7-11(8-6-10)15-12(13)14-3/h5-9H,4H2,1-3H3,(H3,13,14,15). The highest BCUT2D eigenvalue weighted by Gasteiger charge is 2.02. The first-order valence-electron chi connectivity index (χ1n) is 5.26. The molecule has 0 amide bonds. The first-order valence-corrected chi connectivity index (χ1v) is 5.26. The maximum Gasteiger partial charge on any atom is 0.192 e. The Morgan fingerprint density at radius 1 is 1.40 bits per heavy atom. The Morgan fingerprint density at radius 3 is 2.47 bits per heavy atom. The van der Waals surface area contributed by atoms with E-state index in [1.54, 1.807) is 7.05 Å². The second kappa shape index (κ2) is 5.39. The second-order valence-electron chi connectivity index (χ2n) is 3.67. The lowest BCUT2D eigenvalue weighted by atomic mass is 9.99. The number of nitrogens with one attached hydrogen (secondary N) is 1. The van der Waals surface area contributed by atoms with E-state index in [4.69, 9.17) is 5.73 Å². The van der Waals surface area contributed by atoms with E-state index < -0.39 is 0 Å². The molecule has 0 aliphatic heterocycles. The molecule has 1 unspecified atom stereocenters. The summed E-state index contributed by atoms with van der Waals surface area (Å²) in [6, 6.07) is 8.30. The smallest absolute Gasteiger partial charge is 0.192 e. The summed E-state index contributed by atoms with van der Waals surface area (Å²) in [5, 5.41) is 3.00. The van der Waals surface area contributed by atoms with Crippen LogP contribution in [0.4, 0.5) is 5.69 Å². The molecule has 0 aromatic heterocycles. The monoisotopic (exact) mass is 205 g/mol. The van der Waals surface area contributed by atoms with Crippen LogP contribution in [0, 0.1) is 0 Å². The molecular weight excluding hydrogens is 186 g/mol. The number of nitrogens with two attached hydrogens (primary N) is 1. The van der Waals surface area contributed by atoms with Crippen LogP contribution in [0.25, 0.3) is 0 Å². The molecule has 1 aromatic carbocycles. The van der Waals surface area contributed by atoms with Gasteiger partial charge in [0.1, 0.15) is 0 Å². The summed E-state index contributed by atoms with van der Waals surface area (Å²) in [5.74, 6) is 1.04. The van der Waals surface area contributed by atoms with Gasteiger partial charge in [0.15, 0.2) is 5.96 Å². The van der Waals surface area contributed by atoms with Crippen molar-refractivity contribution in [2.45, 2.75) is 26.2 Å². The van der Waals surface area contributed by atoms with E-state index in [9.17, 15) is 0 Å². The van der Waals surface area contributed by atoms with Gasteiger partial charge in [-0.05, 0) is 30.0 Å². The van der Waals surface area contributed by atoms with Gasteiger partial charge >= 0.3 is 0 Å². The normalized spacial score (nSPS) is 13.7. The summed E-state index contributed by atoms with van der Waals surface area (Å²) in [6.07, 6.45) is 1.16. The number of guanidine groups is 1. The topological polar surface area (TPSA) is 50.4 Å². The van der Waals surface area contributed by atoms with E-state index in [1.165, 1.54) is 5.56 Å². The second-order valence-corrected chi connectivity index (χ2v) is 3.67. The minimum Gasteiger partial charge on any atom is -0.370 e. The molecule has 0 aliphatic carbocycles. The van der Waals surface area contributed by atoms with Gasteiger partial charge in [-0.15, -0.1) is 0 Å². The van der Waals surface area contributed by atoms with Gasteiger partial charge in [-0.2, -0.15) is 0 Å². The predicted octanol–water partition coefficient (Wildman–Crippen LogP) is 2.56. The Morgan fingerprint density at radius 2 is 2.00 bits per heavy atom. The molecule has 0 saturated carbocycles. The van der Waals surface area contributed by atoms with Gasteiger partial charge < -0.3 is 11.1 Å². The highest BCUT2D eigenvalue weighted by atomic mass is 15.1. The van der Waals surface area contributed by atoms with Crippen molar-refractivity contribution in [2.24, 2.45) is 10.7 Å². The van der Waals surface area contributed by atoms with Crippen molar-refractivity contribution in [1.82, 2.24) is 0 Å². The van der Waals surface area contributed by atoms with Crippen LogP contribution in [0.5, 0.6) is 0 Å². The number of hydrogen-bond donors (Lipinski definition) is 2. The summed E-state index contributed by atoms with van der Waals surface area (Å²) in [7, 11) is 1.66. The maximum atomic E-state index is 5.57. The van der Waals surface area contributed by atoms with Crippen molar-refractivity contribution < 1.29 is 0 Å². The summed E-state index contributed by atoms with van der Waals surface area (Å²) in [4.78, 5) is 3.84. The zero-order chi connectivity index (χ0) is 11.3. The SMILES string of the molecule is CCC(C)c1ccc(NC(N)=NC)cc1. The Labute approximate surface area is 91.4 Å². The average molecular weight is 205 g/mol. The fourth-order valence-corrected chi connectivity index (χ4v) is 1.33. The van der Waals surface area contributed by atoms with Gasteiger partial charge in [-0.25, -0.2) is 0 Å². The fraction of sp³-hybridized carbons (Fsp3) is 0.417. The highest BCUT2D eigenvalue weighted by Crippen LogP contribution is 2.20. The van der Waals surface area contributed by atoms with Crippen LogP contribution in [-0.2, 0) is 0 Å². The number of nitrogens with zero attached hydrogens (tertiary/aromatic N) is 1. The van der Waals surface area contributed by atoms with E-state index >= 15 is 0 Å². The fourth-order valence-electron chi connectivity index (χ4n) is 1.33. The van der Waals surface area contributed by atoms with E-state index in [-0.39, 0.29) is 0 Å². The number of hydrogen-bond acceptors (Lipinski definition) is 1. The van der Waals surface area contributed by atoms with E-state index in [0.717, 1.165) is 12.1 Å². The Balaban J connectivity index is 2.72. The van der Waals surface area contributed by atoms with Crippen LogP contribution < -0.4 is 11.1 Å². The number of anilines is 1. The van der Waals surface area contributed by atoms with Crippen molar-refractivity contribution >= 4 is 11.6 Å². The van der Waals surface area contributed by atoms with Gasteiger partial charge in [0.25, 0.3) is 0 Å². The largest absolute Gasteiger partial charge is 0.370 e. The molecule has 3 nitrogen and oxygen atoms in total. The molecule has 0 spiro atoms. The molecule has 0 radical (unpaired) electrons. The highest BCUT2D eigenvalue weighted by molar-refractivity contribution is 5.92. The van der Waals surface area contributed by atoms with Crippen LogP contribution in [0.15, 0.2) is 29.3 Å². The van der Waals surface area contributed by atoms with Gasteiger partial charge in [0.2, 0.25) is 0 Å². The van der Waals surface area contributed by atoms with E-state index in [2.05, 4.69) is 36.3 Å².